The Morgan fingerprint density at radius 2 is 0.792 bits per heavy atom. The number of quaternary nitrogens is 1. The number of unbranched alkanes of at least 4 members (excludes halogenated alkanes) is 31. The summed E-state index contributed by atoms with van der Waals surface area (Å²) in [5.74, 6) is -0.800. The molecule has 1 N–H and O–H groups in total. The molecule has 0 saturated heterocycles. The lowest BCUT2D eigenvalue weighted by molar-refractivity contribution is -0.870. The molecule has 0 aromatic rings. The molecule has 2 unspecified atom stereocenters. The Labute approximate surface area is 445 Å². The minimum Gasteiger partial charge on any atom is -0.462 e. The number of nitrogens with zero attached hydrogens (tertiary/aromatic N) is 1. The Hall–Kier alpha value is -2.29. The van der Waals surface area contributed by atoms with Gasteiger partial charge in [0.25, 0.3) is 0 Å². The highest BCUT2D eigenvalue weighted by Gasteiger charge is 2.27. The van der Waals surface area contributed by atoms with Gasteiger partial charge in [0.05, 0.1) is 27.7 Å². The van der Waals surface area contributed by atoms with Crippen molar-refractivity contribution in [2.45, 2.75) is 277 Å². The third kappa shape index (κ3) is 57.0. The van der Waals surface area contributed by atoms with Crippen LogP contribution >= 0.6 is 7.82 Å². The van der Waals surface area contributed by atoms with Crippen molar-refractivity contribution >= 4 is 19.8 Å². The van der Waals surface area contributed by atoms with E-state index in [2.05, 4.69) is 74.6 Å². The molecule has 2 atom stereocenters. The molecule has 0 bridgehead atoms. The number of phosphoric acid groups is 1. The molecule has 0 radical (unpaired) electrons. The van der Waals surface area contributed by atoms with Crippen molar-refractivity contribution in [3.05, 3.63) is 60.8 Å². The van der Waals surface area contributed by atoms with Crippen molar-refractivity contribution in [1.82, 2.24) is 0 Å². The van der Waals surface area contributed by atoms with Crippen LogP contribution in [0.5, 0.6) is 0 Å². The van der Waals surface area contributed by atoms with Gasteiger partial charge in [0, 0.05) is 12.8 Å². The summed E-state index contributed by atoms with van der Waals surface area (Å²) in [5, 5.41) is 0. The first-order valence-corrected chi connectivity index (χ1v) is 31.5. The molecule has 0 heterocycles. The van der Waals surface area contributed by atoms with Crippen LogP contribution in [0.3, 0.4) is 0 Å². The molecule has 72 heavy (non-hydrogen) atoms. The van der Waals surface area contributed by atoms with E-state index in [1.165, 1.54) is 154 Å². The minimum absolute atomic E-state index is 0.0313. The van der Waals surface area contributed by atoms with Gasteiger partial charge in [0.15, 0.2) is 6.10 Å². The fraction of sp³-hybridized carbons (Fsp3) is 0.806. The van der Waals surface area contributed by atoms with Crippen LogP contribution in [0.2, 0.25) is 0 Å². The first kappa shape index (κ1) is 69.7. The van der Waals surface area contributed by atoms with E-state index in [9.17, 15) is 19.0 Å². The van der Waals surface area contributed by atoms with Gasteiger partial charge in [-0.05, 0) is 70.6 Å². The van der Waals surface area contributed by atoms with Crippen LogP contribution in [0.15, 0.2) is 60.8 Å². The quantitative estimate of drug-likeness (QED) is 0.0211. The fourth-order valence-corrected chi connectivity index (χ4v) is 9.14. The molecule has 0 aromatic carbocycles. The Bertz CT molecular complexity index is 1400. The summed E-state index contributed by atoms with van der Waals surface area (Å²) in [6.45, 7) is 4.29. The number of carbonyl (C=O) groups excluding carboxylic acids is 2. The highest BCUT2D eigenvalue weighted by molar-refractivity contribution is 7.47. The van der Waals surface area contributed by atoms with E-state index in [-0.39, 0.29) is 32.0 Å². The van der Waals surface area contributed by atoms with Gasteiger partial charge in [-0.1, -0.05) is 248 Å². The molecule has 0 saturated carbocycles. The molecule has 0 amide bonds. The van der Waals surface area contributed by atoms with E-state index >= 15 is 0 Å². The molecule has 0 aliphatic heterocycles. The van der Waals surface area contributed by atoms with Crippen LogP contribution in [-0.4, -0.2) is 74.9 Å². The number of esters is 2. The zero-order valence-corrected chi connectivity index (χ0v) is 48.6. The summed E-state index contributed by atoms with van der Waals surface area (Å²) >= 11 is 0. The topological polar surface area (TPSA) is 108 Å². The maximum absolute atomic E-state index is 12.8. The molecule has 0 fully saturated rings. The lowest BCUT2D eigenvalue weighted by atomic mass is 10.0. The molecule has 10 heteroatoms. The summed E-state index contributed by atoms with van der Waals surface area (Å²) in [6.07, 6.45) is 69.0. The zero-order chi connectivity index (χ0) is 52.7. The predicted octanol–water partition coefficient (Wildman–Crippen LogP) is 18.7. The summed E-state index contributed by atoms with van der Waals surface area (Å²) in [6, 6.07) is 0. The molecular weight excluding hydrogens is 918 g/mol. The normalized spacial score (nSPS) is 13.7. The van der Waals surface area contributed by atoms with Crippen LogP contribution in [-0.2, 0) is 32.7 Å². The lowest BCUT2D eigenvalue weighted by Gasteiger charge is -2.24. The van der Waals surface area contributed by atoms with Crippen LogP contribution in [0, 0.1) is 0 Å². The van der Waals surface area contributed by atoms with Gasteiger partial charge in [-0.15, -0.1) is 0 Å². The van der Waals surface area contributed by atoms with E-state index in [4.69, 9.17) is 18.5 Å². The monoisotopic (exact) mass is 1030 g/mol. The van der Waals surface area contributed by atoms with E-state index in [1.54, 1.807) is 0 Å². The third-order valence-corrected chi connectivity index (χ3v) is 14.0. The number of carbonyl (C=O) groups is 2. The summed E-state index contributed by atoms with van der Waals surface area (Å²) in [7, 11) is 1.48. The number of ether oxygens (including phenoxy) is 2. The molecular formula is C62H115NO8P+. The number of phosphoric ester groups is 1. The SMILES string of the molecule is CC/C=C\C/C=C\C/C=C\C/C=C\CCCCCCCCCCCCCCCCCCCCCCCCCCC(=O)OC(COC(=O)CCCCCCC/C=C\CCCC)COP(=O)(O)OCC[N+](C)(C)C. The van der Waals surface area contributed by atoms with E-state index in [1.807, 2.05) is 21.1 Å². The van der Waals surface area contributed by atoms with Crippen molar-refractivity contribution in [2.24, 2.45) is 0 Å². The fourth-order valence-electron chi connectivity index (χ4n) is 8.40. The van der Waals surface area contributed by atoms with Gasteiger partial charge in [-0.25, -0.2) is 4.57 Å². The highest BCUT2D eigenvalue weighted by atomic mass is 31.2. The molecule has 0 rings (SSSR count). The number of allylic oxidation sites excluding steroid dienone is 10. The van der Waals surface area contributed by atoms with Gasteiger partial charge >= 0.3 is 19.8 Å². The van der Waals surface area contributed by atoms with Crippen molar-refractivity contribution in [1.29, 1.82) is 0 Å². The van der Waals surface area contributed by atoms with Gasteiger partial charge in [-0.2, -0.15) is 0 Å². The van der Waals surface area contributed by atoms with Gasteiger partial charge < -0.3 is 18.9 Å². The molecule has 0 spiro atoms. The average Bonchev–Trinajstić information content (AvgIpc) is 3.34. The molecule has 420 valence electrons. The van der Waals surface area contributed by atoms with Gasteiger partial charge in [0.2, 0.25) is 0 Å². The number of hydrogen-bond donors (Lipinski definition) is 1. The Balaban J connectivity index is 3.89. The first-order valence-electron chi connectivity index (χ1n) is 30.0. The average molecular weight is 1030 g/mol. The summed E-state index contributed by atoms with van der Waals surface area (Å²) in [4.78, 5) is 35.5. The largest absolute Gasteiger partial charge is 0.472 e. The smallest absolute Gasteiger partial charge is 0.462 e. The number of hydrogen-bond acceptors (Lipinski definition) is 7. The van der Waals surface area contributed by atoms with Crippen molar-refractivity contribution in [3.8, 4) is 0 Å². The Morgan fingerprint density at radius 3 is 1.19 bits per heavy atom. The first-order chi connectivity index (χ1) is 35.0. The molecule has 9 nitrogen and oxygen atoms in total. The Kier molecular flexibility index (Phi) is 51.8. The van der Waals surface area contributed by atoms with E-state index in [0.29, 0.717) is 17.4 Å². The zero-order valence-electron chi connectivity index (χ0n) is 47.7. The lowest BCUT2D eigenvalue weighted by Crippen LogP contribution is -2.37. The molecule has 0 aliphatic carbocycles. The number of rotatable bonds is 55. The number of likely N-dealkylation sites (N-methyl/N-ethyl adjacent to an activating group) is 1. The maximum atomic E-state index is 12.8. The second kappa shape index (κ2) is 53.5. The maximum Gasteiger partial charge on any atom is 0.472 e. The van der Waals surface area contributed by atoms with Crippen LogP contribution in [0.25, 0.3) is 0 Å². The third-order valence-electron chi connectivity index (χ3n) is 13.0. The van der Waals surface area contributed by atoms with Crippen molar-refractivity contribution < 1.29 is 42.1 Å². The molecule has 0 aromatic heterocycles. The van der Waals surface area contributed by atoms with Crippen molar-refractivity contribution in [2.75, 3.05) is 47.5 Å². The van der Waals surface area contributed by atoms with Gasteiger partial charge in [-0.3, -0.25) is 18.6 Å². The van der Waals surface area contributed by atoms with Crippen molar-refractivity contribution in [3.63, 3.8) is 0 Å². The van der Waals surface area contributed by atoms with Crippen LogP contribution in [0.1, 0.15) is 271 Å². The predicted molar refractivity (Wildman–Crippen MR) is 307 cm³/mol. The standard InChI is InChI=1S/C62H114NO8P/c1-6-8-10-12-14-16-18-19-20-21-22-23-24-25-26-27-28-29-30-31-32-33-34-35-36-37-38-39-40-41-42-43-45-47-49-51-53-55-62(65)71-60(59-70-72(66,67)69-57-56-63(3,4)5)58-68-61(64)54-52-50-48-46-44-17-15-13-11-9-7-2/h8,10,13-16,19-20,22-23,60H,6-7,9,11-12,17-18,21,24-59H2,1-5H3/p+1/b10-8-,15-13-,16-14-,20-19-,23-22-. The van der Waals surface area contributed by atoms with Crippen LogP contribution < -0.4 is 0 Å². The second-order valence-electron chi connectivity index (χ2n) is 21.4. The van der Waals surface area contributed by atoms with E-state index in [0.717, 1.165) is 83.5 Å². The van der Waals surface area contributed by atoms with Crippen LogP contribution in [0.4, 0.5) is 0 Å². The highest BCUT2D eigenvalue weighted by Crippen LogP contribution is 2.43. The van der Waals surface area contributed by atoms with E-state index < -0.39 is 26.5 Å². The molecule has 0 aliphatic rings. The Morgan fingerprint density at radius 1 is 0.444 bits per heavy atom. The minimum atomic E-state index is -4.38. The van der Waals surface area contributed by atoms with Gasteiger partial charge in [0.1, 0.15) is 19.8 Å². The second-order valence-corrected chi connectivity index (χ2v) is 22.8. The summed E-state index contributed by atoms with van der Waals surface area (Å²) in [5.41, 5.74) is 0. The summed E-state index contributed by atoms with van der Waals surface area (Å²) < 4.78 is 34.5.